The molecule has 4 aromatic carbocycles. The summed E-state index contributed by atoms with van der Waals surface area (Å²) >= 11 is 0. The Morgan fingerprint density at radius 3 is 1.39 bits per heavy atom. The van der Waals surface area contributed by atoms with Gasteiger partial charge >= 0.3 is 0 Å². The average molecular weight is 581 g/mol. The van der Waals surface area contributed by atoms with Crippen LogP contribution in [-0.4, -0.2) is 75.2 Å². The Balaban J connectivity index is 0.000000123. The van der Waals surface area contributed by atoms with Gasteiger partial charge in [-0.1, -0.05) is 84.9 Å². The molecule has 6 aliphatic heterocycles. The highest BCUT2D eigenvalue weighted by atomic mass is 15.2. The van der Waals surface area contributed by atoms with Gasteiger partial charge in [0, 0.05) is 72.6 Å². The Bertz CT molecular complexity index is 1600. The van der Waals surface area contributed by atoms with E-state index < -0.39 is 0 Å². The van der Waals surface area contributed by atoms with Crippen LogP contribution in [0.25, 0.3) is 22.3 Å². The molecule has 0 aromatic heterocycles. The lowest BCUT2D eigenvalue weighted by Gasteiger charge is -2.37. The lowest BCUT2D eigenvalue weighted by molar-refractivity contribution is 0.231. The molecule has 4 atom stereocenters. The van der Waals surface area contributed by atoms with Gasteiger partial charge in [0.15, 0.2) is 0 Å². The number of fused-ring (bicyclic) bond motifs is 10. The van der Waals surface area contributed by atoms with E-state index in [9.17, 15) is 0 Å². The lowest BCUT2D eigenvalue weighted by Crippen LogP contribution is -2.45. The molecule has 2 saturated heterocycles. The van der Waals surface area contributed by atoms with Crippen molar-refractivity contribution in [3.63, 3.8) is 0 Å². The summed E-state index contributed by atoms with van der Waals surface area (Å²) < 4.78 is 0. The van der Waals surface area contributed by atoms with Gasteiger partial charge in [0.2, 0.25) is 0 Å². The van der Waals surface area contributed by atoms with Crippen molar-refractivity contribution in [2.45, 2.75) is 49.6 Å². The van der Waals surface area contributed by atoms with E-state index in [1.807, 2.05) is 0 Å². The summed E-state index contributed by atoms with van der Waals surface area (Å²) in [5.41, 5.74) is 15.1. The van der Waals surface area contributed by atoms with Gasteiger partial charge in [-0.25, -0.2) is 0 Å². The van der Waals surface area contributed by atoms with Crippen LogP contribution in [0.3, 0.4) is 0 Å². The molecule has 0 N–H and O–H groups in total. The molecule has 44 heavy (non-hydrogen) atoms. The first-order valence-electron chi connectivity index (χ1n) is 17.0. The van der Waals surface area contributed by atoms with E-state index in [0.29, 0.717) is 23.9 Å². The van der Waals surface area contributed by atoms with Crippen molar-refractivity contribution >= 4 is 11.4 Å². The summed E-state index contributed by atoms with van der Waals surface area (Å²) in [5, 5.41) is 0. The molecular weight excluding hydrogens is 536 g/mol. The maximum absolute atomic E-state index is 2.74. The van der Waals surface area contributed by atoms with E-state index in [-0.39, 0.29) is 0 Å². The Hall–Kier alpha value is -3.60. The Morgan fingerprint density at radius 2 is 0.909 bits per heavy atom. The highest BCUT2D eigenvalue weighted by Crippen LogP contribution is 2.52. The zero-order valence-corrected chi connectivity index (χ0v) is 26.3. The van der Waals surface area contributed by atoms with Crippen molar-refractivity contribution in [1.82, 2.24) is 9.80 Å². The second-order valence-corrected chi connectivity index (χ2v) is 14.1. The minimum absolute atomic E-state index is 0.693. The highest BCUT2D eigenvalue weighted by molar-refractivity contribution is 5.87. The van der Waals surface area contributed by atoms with Crippen molar-refractivity contribution < 1.29 is 0 Å². The maximum Gasteiger partial charge on any atom is 0.0485 e. The van der Waals surface area contributed by atoms with Crippen molar-refractivity contribution in [2.24, 2.45) is 0 Å². The quantitative estimate of drug-likeness (QED) is 0.221. The molecule has 4 nitrogen and oxygen atoms in total. The predicted molar refractivity (Wildman–Crippen MR) is 183 cm³/mol. The minimum atomic E-state index is 0.693. The van der Waals surface area contributed by atoms with E-state index in [2.05, 4.69) is 119 Å². The number of anilines is 2. The van der Waals surface area contributed by atoms with Crippen LogP contribution in [0.15, 0.2) is 84.9 Å². The molecule has 4 aromatic rings. The molecule has 0 unspecified atom stereocenters. The topological polar surface area (TPSA) is 13.0 Å². The molecule has 4 heteroatoms. The number of likely N-dealkylation sites (tertiary alicyclic amines) is 2. The molecule has 10 rings (SSSR count). The van der Waals surface area contributed by atoms with E-state index in [0.717, 1.165) is 0 Å². The number of hydrogen-bond acceptors (Lipinski definition) is 4. The number of nitrogens with zero attached hydrogens (tertiary/aromatic N) is 4. The number of piperidine rings is 2. The second-order valence-electron chi connectivity index (χ2n) is 14.1. The molecule has 2 fully saturated rings. The zero-order chi connectivity index (χ0) is 29.4. The zero-order valence-electron chi connectivity index (χ0n) is 26.3. The largest absolute Gasteiger partial charge is 0.367 e. The third kappa shape index (κ3) is 4.10. The molecule has 0 saturated carbocycles. The number of likely N-dealkylation sites (N-methyl/N-ethyl adjacent to an activating group) is 2. The molecule has 6 heterocycles. The van der Waals surface area contributed by atoms with Crippen molar-refractivity contribution in [3.05, 3.63) is 107 Å². The fourth-order valence-corrected chi connectivity index (χ4v) is 9.73. The van der Waals surface area contributed by atoms with Crippen LogP contribution in [0, 0.1) is 0 Å². The van der Waals surface area contributed by atoms with Crippen molar-refractivity contribution in [1.29, 1.82) is 0 Å². The Morgan fingerprint density at radius 1 is 0.477 bits per heavy atom. The van der Waals surface area contributed by atoms with Crippen LogP contribution in [-0.2, 0) is 12.8 Å². The fraction of sp³-hybridized carbons (Fsp3) is 0.400. The maximum atomic E-state index is 2.74. The molecule has 224 valence electrons. The molecule has 6 aliphatic rings. The summed E-state index contributed by atoms with van der Waals surface area (Å²) in [6.07, 6.45) is 4.93. The van der Waals surface area contributed by atoms with Crippen LogP contribution in [0.4, 0.5) is 11.4 Å². The second kappa shape index (κ2) is 10.5. The summed E-state index contributed by atoms with van der Waals surface area (Å²) in [5.74, 6) is 1.39. The molecule has 0 spiro atoms. The van der Waals surface area contributed by atoms with E-state index in [1.165, 1.54) is 110 Å². The summed E-state index contributed by atoms with van der Waals surface area (Å²) in [6, 6.07) is 33.3. The van der Waals surface area contributed by atoms with Crippen LogP contribution in [0.1, 0.15) is 46.9 Å². The Labute approximate surface area is 262 Å². The standard InChI is InChI=1S/2C20H22N2/c2*1-21-11-10-19-18(13-21)17-8-4-7-16-15-6-3-2-5-14(15)9-12-22(19)20(16)17/h2*2-8,18-19H,9-13H2,1H3/t2*18-,19-/m10/s1. The summed E-state index contributed by atoms with van der Waals surface area (Å²) in [6.45, 7) is 7.22. The molecule has 0 aliphatic carbocycles. The monoisotopic (exact) mass is 580 g/mol. The van der Waals surface area contributed by atoms with Crippen molar-refractivity contribution in [2.75, 3.05) is 63.2 Å². The van der Waals surface area contributed by atoms with Gasteiger partial charge in [-0.05, 0) is 86.2 Å². The average Bonchev–Trinajstić information content (AvgIpc) is 3.39. The molecule has 0 radical (unpaired) electrons. The Kier molecular flexibility index (Phi) is 6.39. The smallest absolute Gasteiger partial charge is 0.0485 e. The minimum Gasteiger partial charge on any atom is -0.367 e. The first-order chi connectivity index (χ1) is 21.7. The number of benzene rings is 4. The van der Waals surface area contributed by atoms with Crippen LogP contribution in [0.2, 0.25) is 0 Å². The van der Waals surface area contributed by atoms with Gasteiger partial charge in [-0.2, -0.15) is 0 Å². The highest BCUT2D eigenvalue weighted by Gasteiger charge is 2.44. The van der Waals surface area contributed by atoms with Gasteiger partial charge in [0.1, 0.15) is 0 Å². The summed E-state index contributed by atoms with van der Waals surface area (Å²) in [7, 11) is 4.53. The SMILES string of the molecule is CN1CC[C@@H]2[C@H](C1)c1cccc3c1N2CCc1ccccc1-3.CN1CC[C@H]2[C@@H](C1)c1cccc3c1N2CCc1ccccc1-3. The van der Waals surface area contributed by atoms with Gasteiger partial charge in [0.25, 0.3) is 0 Å². The van der Waals surface area contributed by atoms with Crippen molar-refractivity contribution in [3.8, 4) is 22.3 Å². The number of para-hydroxylation sites is 2. The van der Waals surface area contributed by atoms with Gasteiger partial charge in [-0.15, -0.1) is 0 Å². The lowest BCUT2D eigenvalue weighted by atomic mass is 9.87. The van der Waals surface area contributed by atoms with Gasteiger partial charge in [0.05, 0.1) is 0 Å². The van der Waals surface area contributed by atoms with Gasteiger partial charge < -0.3 is 19.6 Å². The number of rotatable bonds is 0. The molecule has 0 amide bonds. The van der Waals surface area contributed by atoms with Crippen LogP contribution in [0.5, 0.6) is 0 Å². The predicted octanol–water partition coefficient (Wildman–Crippen LogP) is 7.03. The van der Waals surface area contributed by atoms with E-state index >= 15 is 0 Å². The fourth-order valence-electron chi connectivity index (χ4n) is 9.73. The first kappa shape index (κ1) is 26.8. The summed E-state index contributed by atoms with van der Waals surface area (Å²) in [4.78, 5) is 10.5. The van der Waals surface area contributed by atoms with E-state index in [4.69, 9.17) is 0 Å². The van der Waals surface area contributed by atoms with Gasteiger partial charge in [-0.3, -0.25) is 0 Å². The molecular formula is C40H44N4. The number of hydrogen-bond donors (Lipinski definition) is 0. The third-order valence-electron chi connectivity index (χ3n) is 11.7. The van der Waals surface area contributed by atoms with E-state index in [1.54, 1.807) is 11.1 Å². The normalized spacial score (nSPS) is 26.1. The third-order valence-corrected chi connectivity index (χ3v) is 11.7. The van der Waals surface area contributed by atoms with Crippen LogP contribution >= 0.6 is 0 Å². The first-order valence-corrected chi connectivity index (χ1v) is 17.0. The van der Waals surface area contributed by atoms with Crippen LogP contribution < -0.4 is 9.80 Å². The molecule has 0 bridgehead atoms.